The summed E-state index contributed by atoms with van der Waals surface area (Å²) in [5.41, 5.74) is 0.972. The van der Waals surface area contributed by atoms with Crippen molar-refractivity contribution in [3.05, 3.63) is 103 Å². The smallest absolute Gasteiger partial charge is 0.206 e. The van der Waals surface area contributed by atoms with Crippen LogP contribution in [0, 0.1) is 6.92 Å². The lowest BCUT2D eigenvalue weighted by molar-refractivity contribution is 0.474. The maximum atomic E-state index is 12.8. The maximum absolute atomic E-state index is 12.8. The van der Waals surface area contributed by atoms with Crippen LogP contribution in [0.2, 0.25) is 0 Å². The highest BCUT2D eigenvalue weighted by Gasteiger charge is 2.19. The van der Waals surface area contributed by atoms with Crippen molar-refractivity contribution in [1.82, 2.24) is 0 Å². The second kappa shape index (κ2) is 8.73. The van der Waals surface area contributed by atoms with Crippen LogP contribution >= 0.6 is 0 Å². The third-order valence-corrected chi connectivity index (χ3v) is 8.55. The maximum Gasteiger partial charge on any atom is 0.206 e. The first-order chi connectivity index (χ1) is 15.7. The summed E-state index contributed by atoms with van der Waals surface area (Å²) in [5.74, 6) is 0.788. The van der Waals surface area contributed by atoms with Crippen molar-refractivity contribution < 1.29 is 26.7 Å². The zero-order valence-corrected chi connectivity index (χ0v) is 19.2. The highest BCUT2D eigenvalue weighted by atomic mass is 32.2. The van der Waals surface area contributed by atoms with Crippen LogP contribution in [0.15, 0.2) is 117 Å². The van der Waals surface area contributed by atoms with Crippen LogP contribution in [-0.2, 0) is 19.7 Å². The SMILES string of the molecule is Cc1ccc(S(=O)(=O)c2ccc(Oc3ccc(S(=O)(=O)c4ccc(O)cc4)cc3)cc2)cc1. The van der Waals surface area contributed by atoms with Crippen molar-refractivity contribution in [3.63, 3.8) is 0 Å². The molecule has 4 aromatic rings. The van der Waals surface area contributed by atoms with Crippen LogP contribution in [0.4, 0.5) is 0 Å². The van der Waals surface area contributed by atoms with Gasteiger partial charge in [0.15, 0.2) is 0 Å². The van der Waals surface area contributed by atoms with Crippen LogP contribution in [0.3, 0.4) is 0 Å². The van der Waals surface area contributed by atoms with Gasteiger partial charge in [0.25, 0.3) is 0 Å². The van der Waals surface area contributed by atoms with Gasteiger partial charge in [-0.15, -0.1) is 0 Å². The van der Waals surface area contributed by atoms with Crippen LogP contribution in [0.25, 0.3) is 0 Å². The predicted molar refractivity (Wildman–Crippen MR) is 123 cm³/mol. The molecule has 168 valence electrons. The molecule has 33 heavy (non-hydrogen) atoms. The van der Waals surface area contributed by atoms with Crippen LogP contribution in [-0.4, -0.2) is 21.9 Å². The van der Waals surface area contributed by atoms with E-state index in [4.69, 9.17) is 4.74 Å². The number of ether oxygens (including phenoxy) is 1. The number of hydrogen-bond acceptors (Lipinski definition) is 6. The quantitative estimate of drug-likeness (QED) is 0.409. The Morgan fingerprint density at radius 3 is 1.18 bits per heavy atom. The van der Waals surface area contributed by atoms with E-state index in [9.17, 15) is 21.9 Å². The summed E-state index contributed by atoms with van der Waals surface area (Å²) in [5, 5.41) is 9.35. The molecule has 0 heterocycles. The molecule has 0 unspecified atom stereocenters. The number of phenolic OH excluding ortho intramolecular Hbond substituents is 1. The fourth-order valence-electron chi connectivity index (χ4n) is 3.12. The van der Waals surface area contributed by atoms with Crippen molar-refractivity contribution in [1.29, 1.82) is 0 Å². The van der Waals surface area contributed by atoms with Crippen molar-refractivity contribution >= 4 is 19.7 Å². The molecular weight excluding hydrogens is 460 g/mol. The van der Waals surface area contributed by atoms with E-state index in [1.54, 1.807) is 36.4 Å². The Labute approximate surface area is 192 Å². The highest BCUT2D eigenvalue weighted by Crippen LogP contribution is 2.28. The van der Waals surface area contributed by atoms with E-state index in [0.29, 0.717) is 11.5 Å². The van der Waals surface area contributed by atoms with E-state index in [1.807, 2.05) is 6.92 Å². The zero-order chi connectivity index (χ0) is 23.6. The van der Waals surface area contributed by atoms with Gasteiger partial charge in [-0.1, -0.05) is 17.7 Å². The van der Waals surface area contributed by atoms with Crippen LogP contribution in [0.5, 0.6) is 17.2 Å². The van der Waals surface area contributed by atoms with E-state index < -0.39 is 19.7 Å². The van der Waals surface area contributed by atoms with Crippen LogP contribution in [0.1, 0.15) is 5.56 Å². The van der Waals surface area contributed by atoms with Gasteiger partial charge in [-0.25, -0.2) is 16.8 Å². The lowest BCUT2D eigenvalue weighted by atomic mass is 10.2. The molecule has 0 aliphatic carbocycles. The summed E-state index contributed by atoms with van der Waals surface area (Å²) in [6.07, 6.45) is 0. The standard InChI is InChI=1S/C25H20O6S2/c1-18-2-10-22(11-3-18)32(27,28)24-14-6-20(7-15-24)31-21-8-16-25(17-9-21)33(29,30)23-12-4-19(26)5-13-23/h2-17,26H,1H3. The molecule has 1 N–H and O–H groups in total. The number of aromatic hydroxyl groups is 1. The Bertz CT molecular complexity index is 1350. The molecule has 0 aliphatic rings. The first kappa shape index (κ1) is 22.6. The molecule has 0 saturated heterocycles. The van der Waals surface area contributed by atoms with Gasteiger partial charge < -0.3 is 9.84 Å². The van der Waals surface area contributed by atoms with Crippen LogP contribution < -0.4 is 4.74 Å². The summed E-state index contributed by atoms with van der Waals surface area (Å²) < 4.78 is 56.7. The number of phenols is 1. The molecule has 0 radical (unpaired) electrons. The molecule has 0 spiro atoms. The normalized spacial score (nSPS) is 11.8. The Hall–Kier alpha value is -3.62. The summed E-state index contributed by atoms with van der Waals surface area (Å²) in [4.78, 5) is 0.514. The number of benzene rings is 4. The summed E-state index contributed by atoms with van der Waals surface area (Å²) >= 11 is 0. The van der Waals surface area contributed by atoms with Gasteiger partial charge in [-0.05, 0) is 91.9 Å². The molecule has 0 fully saturated rings. The highest BCUT2D eigenvalue weighted by molar-refractivity contribution is 7.91. The topological polar surface area (TPSA) is 97.7 Å². The second-order valence-corrected chi connectivity index (χ2v) is 11.3. The van der Waals surface area contributed by atoms with Crippen molar-refractivity contribution in [2.24, 2.45) is 0 Å². The van der Waals surface area contributed by atoms with Gasteiger partial charge in [0.2, 0.25) is 19.7 Å². The average molecular weight is 481 g/mol. The third kappa shape index (κ3) is 4.76. The largest absolute Gasteiger partial charge is 0.508 e. The fourth-order valence-corrected chi connectivity index (χ4v) is 5.65. The van der Waals surface area contributed by atoms with Gasteiger partial charge in [0, 0.05) is 0 Å². The van der Waals surface area contributed by atoms with E-state index in [2.05, 4.69) is 0 Å². The molecular formula is C25H20O6S2. The summed E-state index contributed by atoms with van der Waals surface area (Å²) in [7, 11) is -7.36. The minimum atomic E-state index is -3.73. The fraction of sp³-hybridized carbons (Fsp3) is 0.0400. The Kier molecular flexibility index (Phi) is 5.97. The van der Waals surface area contributed by atoms with Crippen molar-refractivity contribution in [2.45, 2.75) is 26.5 Å². The van der Waals surface area contributed by atoms with Crippen molar-refractivity contribution in [3.8, 4) is 17.2 Å². The summed E-state index contributed by atoms with van der Waals surface area (Å²) in [6, 6.07) is 23.8. The first-order valence-electron chi connectivity index (χ1n) is 9.90. The summed E-state index contributed by atoms with van der Waals surface area (Å²) in [6.45, 7) is 1.89. The van der Waals surface area contributed by atoms with Gasteiger partial charge >= 0.3 is 0 Å². The minimum absolute atomic E-state index is 0.0182. The second-order valence-electron chi connectivity index (χ2n) is 7.36. The van der Waals surface area contributed by atoms with E-state index in [0.717, 1.165) is 5.56 Å². The Morgan fingerprint density at radius 1 is 0.515 bits per heavy atom. The van der Waals surface area contributed by atoms with E-state index in [-0.39, 0.29) is 25.3 Å². The number of rotatable bonds is 6. The monoisotopic (exact) mass is 480 g/mol. The van der Waals surface area contributed by atoms with Gasteiger partial charge in [0.05, 0.1) is 19.6 Å². The lowest BCUT2D eigenvalue weighted by Gasteiger charge is -2.09. The average Bonchev–Trinajstić information content (AvgIpc) is 2.80. The number of aryl methyl sites for hydroxylation is 1. The number of sulfone groups is 2. The molecule has 6 nitrogen and oxygen atoms in total. The molecule has 8 heteroatoms. The van der Waals surface area contributed by atoms with Gasteiger partial charge in [-0.3, -0.25) is 0 Å². The molecule has 0 amide bonds. The molecule has 0 saturated carbocycles. The molecule has 0 atom stereocenters. The van der Waals surface area contributed by atoms with Crippen molar-refractivity contribution in [2.75, 3.05) is 0 Å². The first-order valence-corrected chi connectivity index (χ1v) is 12.9. The van der Waals surface area contributed by atoms with Gasteiger partial charge in [-0.2, -0.15) is 0 Å². The minimum Gasteiger partial charge on any atom is -0.508 e. The molecule has 0 aromatic heterocycles. The molecule has 4 rings (SSSR count). The molecule has 0 bridgehead atoms. The van der Waals surface area contributed by atoms with E-state index in [1.165, 1.54) is 60.7 Å². The molecule has 0 aliphatic heterocycles. The lowest BCUT2D eigenvalue weighted by Crippen LogP contribution is -2.02. The number of hydrogen-bond donors (Lipinski definition) is 1. The Balaban J connectivity index is 1.51. The van der Waals surface area contributed by atoms with Gasteiger partial charge in [0.1, 0.15) is 17.2 Å². The third-order valence-electron chi connectivity index (χ3n) is 4.98. The predicted octanol–water partition coefficient (Wildman–Crippen LogP) is 5.16. The Morgan fingerprint density at radius 2 is 0.818 bits per heavy atom. The zero-order valence-electron chi connectivity index (χ0n) is 17.5. The van der Waals surface area contributed by atoms with E-state index >= 15 is 0 Å². The molecule has 4 aromatic carbocycles.